The number of fused-ring (bicyclic) bond motifs is 1. The number of nitrogens with two attached hydrogens (primary N) is 4. The van der Waals surface area contributed by atoms with Crippen molar-refractivity contribution in [3.05, 3.63) is 36.0 Å². The third-order valence-corrected chi connectivity index (χ3v) is 5.80. The summed E-state index contributed by atoms with van der Waals surface area (Å²) in [5.74, 6) is -4.46. The number of hydrogen-bond donors (Lipinski definition) is 9. The second-order valence-electron chi connectivity index (χ2n) is 8.98. The Morgan fingerprint density at radius 1 is 0.974 bits per heavy atom. The van der Waals surface area contributed by atoms with Crippen molar-refractivity contribution in [3.8, 4) is 0 Å². The van der Waals surface area contributed by atoms with Gasteiger partial charge < -0.3 is 49.0 Å². The number of aromatic amines is 1. The van der Waals surface area contributed by atoms with Gasteiger partial charge in [-0.1, -0.05) is 18.2 Å². The van der Waals surface area contributed by atoms with Gasteiger partial charge in [0.1, 0.15) is 18.1 Å². The summed E-state index contributed by atoms with van der Waals surface area (Å²) in [6.07, 6.45) is 1.61. The molecule has 15 nitrogen and oxygen atoms in total. The summed E-state index contributed by atoms with van der Waals surface area (Å²) < 4.78 is 0. The molecule has 4 unspecified atom stereocenters. The van der Waals surface area contributed by atoms with Crippen LogP contribution in [0.15, 0.2) is 35.5 Å². The largest absolute Gasteiger partial charge is 0.480 e. The van der Waals surface area contributed by atoms with Gasteiger partial charge in [-0.15, -0.1) is 0 Å². The lowest BCUT2D eigenvalue weighted by atomic mass is 10.0. The molecule has 0 aliphatic rings. The zero-order valence-corrected chi connectivity index (χ0v) is 21.5. The number of para-hydroxylation sites is 1. The van der Waals surface area contributed by atoms with Crippen molar-refractivity contribution in [3.63, 3.8) is 0 Å². The summed E-state index contributed by atoms with van der Waals surface area (Å²) in [6.45, 7) is 1.54. The van der Waals surface area contributed by atoms with Crippen molar-refractivity contribution in [2.24, 2.45) is 27.9 Å². The zero-order chi connectivity index (χ0) is 29.1. The number of primary amides is 1. The summed E-state index contributed by atoms with van der Waals surface area (Å²) in [5, 5.41) is 17.9. The molecule has 0 spiro atoms. The number of nitrogens with one attached hydrogen (secondary N) is 4. The van der Waals surface area contributed by atoms with Crippen LogP contribution in [0.25, 0.3) is 10.9 Å². The van der Waals surface area contributed by atoms with E-state index in [0.717, 1.165) is 10.9 Å². The molecule has 0 saturated carbocycles. The first-order chi connectivity index (χ1) is 18.4. The van der Waals surface area contributed by atoms with E-state index in [1.807, 2.05) is 24.3 Å². The molecule has 4 amide bonds. The van der Waals surface area contributed by atoms with E-state index >= 15 is 0 Å². The van der Waals surface area contributed by atoms with Crippen molar-refractivity contribution in [2.75, 3.05) is 6.54 Å². The van der Waals surface area contributed by atoms with Crippen LogP contribution in [-0.4, -0.2) is 76.4 Å². The zero-order valence-electron chi connectivity index (χ0n) is 21.5. The molecule has 1 heterocycles. The molecular formula is C24H35N9O6. The molecule has 0 radical (unpaired) electrons. The summed E-state index contributed by atoms with van der Waals surface area (Å²) in [5.41, 5.74) is 22.9. The molecule has 39 heavy (non-hydrogen) atoms. The maximum absolute atomic E-state index is 12.9. The van der Waals surface area contributed by atoms with Crippen molar-refractivity contribution < 1.29 is 29.1 Å². The number of carboxylic acid groups (broad SMARTS) is 1. The molecule has 0 aliphatic heterocycles. The Balaban J connectivity index is 2.05. The number of hydrogen-bond acceptors (Lipinski definition) is 7. The van der Waals surface area contributed by atoms with E-state index in [1.54, 1.807) is 6.20 Å². The Bertz CT molecular complexity index is 1220. The van der Waals surface area contributed by atoms with Crippen LogP contribution in [0.5, 0.6) is 0 Å². The van der Waals surface area contributed by atoms with Gasteiger partial charge in [0.15, 0.2) is 5.96 Å². The van der Waals surface area contributed by atoms with E-state index in [0.29, 0.717) is 5.56 Å². The van der Waals surface area contributed by atoms with Crippen molar-refractivity contribution in [1.29, 1.82) is 0 Å². The highest BCUT2D eigenvalue weighted by molar-refractivity contribution is 5.95. The van der Waals surface area contributed by atoms with E-state index in [2.05, 4.69) is 25.9 Å². The number of amides is 4. The summed E-state index contributed by atoms with van der Waals surface area (Å²) in [4.78, 5) is 68.0. The van der Waals surface area contributed by atoms with E-state index < -0.39 is 60.2 Å². The monoisotopic (exact) mass is 545 g/mol. The Kier molecular flexibility index (Phi) is 11.2. The summed E-state index contributed by atoms with van der Waals surface area (Å²) >= 11 is 0. The molecule has 1 aromatic carbocycles. The van der Waals surface area contributed by atoms with Crippen molar-refractivity contribution in [1.82, 2.24) is 20.9 Å². The fourth-order valence-corrected chi connectivity index (χ4v) is 3.76. The molecule has 2 rings (SSSR count). The number of aliphatic carboxylic acids is 1. The van der Waals surface area contributed by atoms with Gasteiger partial charge in [0.05, 0.1) is 12.5 Å². The number of aromatic nitrogens is 1. The molecule has 13 N–H and O–H groups in total. The Hall–Kier alpha value is -4.66. The van der Waals surface area contributed by atoms with E-state index in [9.17, 15) is 29.1 Å². The number of nitrogens with zero attached hydrogens (tertiary/aromatic N) is 1. The fourth-order valence-electron chi connectivity index (χ4n) is 3.76. The SMILES string of the molecule is CC(NC(=O)C(CCCN=C(N)N)NC(=O)C(N)CC(N)=O)C(=O)NC(Cc1c[nH]c2ccccc12)C(=O)O. The minimum Gasteiger partial charge on any atom is -0.480 e. The first kappa shape index (κ1) is 30.6. The predicted molar refractivity (Wildman–Crippen MR) is 143 cm³/mol. The number of guanidine groups is 1. The maximum atomic E-state index is 12.9. The van der Waals surface area contributed by atoms with E-state index in [1.165, 1.54) is 6.92 Å². The molecule has 0 bridgehead atoms. The standard InChI is InChI=1S/C24H35N9O6/c1-12(20(35)33-18(23(38)39)9-13-11-30-16-6-3-2-5-14(13)16)31-22(37)17(7-4-8-29-24(27)28)32-21(36)15(25)10-19(26)34/h2-3,5-6,11-12,15,17-18,30H,4,7-10,25H2,1H3,(H2,26,34)(H,31,37)(H,32,36)(H,33,35)(H,38,39)(H4,27,28,29). The topological polar surface area (TPSA) is 274 Å². The normalized spacial score (nSPS) is 13.9. The number of H-pyrrole nitrogens is 1. The highest BCUT2D eigenvalue weighted by Crippen LogP contribution is 2.19. The summed E-state index contributed by atoms with van der Waals surface area (Å²) in [6, 6.07) is 2.49. The molecular weight excluding hydrogens is 510 g/mol. The third kappa shape index (κ3) is 9.62. The van der Waals surface area contributed by atoms with Gasteiger partial charge in [-0.3, -0.25) is 24.2 Å². The molecule has 2 aromatic rings. The molecule has 0 fully saturated rings. The van der Waals surface area contributed by atoms with Crippen LogP contribution in [-0.2, 0) is 30.4 Å². The lowest BCUT2D eigenvalue weighted by Crippen LogP contribution is -2.56. The van der Waals surface area contributed by atoms with Crippen molar-refractivity contribution in [2.45, 2.75) is 56.8 Å². The van der Waals surface area contributed by atoms with Crippen LogP contribution in [0, 0.1) is 0 Å². The lowest BCUT2D eigenvalue weighted by molar-refractivity contribution is -0.142. The van der Waals surface area contributed by atoms with Gasteiger partial charge in [0, 0.05) is 30.1 Å². The summed E-state index contributed by atoms with van der Waals surface area (Å²) in [7, 11) is 0. The van der Waals surface area contributed by atoms with Gasteiger partial charge in [-0.25, -0.2) is 4.79 Å². The second-order valence-corrected chi connectivity index (χ2v) is 8.98. The predicted octanol–water partition coefficient (Wildman–Crippen LogP) is -2.47. The van der Waals surface area contributed by atoms with Gasteiger partial charge in [-0.05, 0) is 31.4 Å². The van der Waals surface area contributed by atoms with Crippen LogP contribution in [0.4, 0.5) is 0 Å². The van der Waals surface area contributed by atoms with Crippen LogP contribution in [0.2, 0.25) is 0 Å². The first-order valence-electron chi connectivity index (χ1n) is 12.2. The van der Waals surface area contributed by atoms with Gasteiger partial charge in [0.2, 0.25) is 23.6 Å². The van der Waals surface area contributed by atoms with Crippen LogP contribution in [0.1, 0.15) is 31.7 Å². The second kappa shape index (κ2) is 14.3. The Labute approximate surface area is 224 Å². The van der Waals surface area contributed by atoms with E-state index in [-0.39, 0.29) is 31.8 Å². The number of benzene rings is 1. The Morgan fingerprint density at radius 3 is 2.28 bits per heavy atom. The third-order valence-electron chi connectivity index (χ3n) is 5.80. The minimum atomic E-state index is -1.28. The average molecular weight is 546 g/mol. The molecule has 4 atom stereocenters. The maximum Gasteiger partial charge on any atom is 0.326 e. The molecule has 0 aliphatic carbocycles. The number of aliphatic imine (C=N–C) groups is 1. The highest BCUT2D eigenvalue weighted by Gasteiger charge is 2.29. The fraction of sp³-hybridized carbons (Fsp3) is 0.417. The molecule has 1 aromatic heterocycles. The van der Waals surface area contributed by atoms with Gasteiger partial charge >= 0.3 is 5.97 Å². The first-order valence-corrected chi connectivity index (χ1v) is 12.2. The number of carboxylic acids is 1. The number of carbonyl (C=O) groups excluding carboxylic acids is 4. The van der Waals surface area contributed by atoms with E-state index in [4.69, 9.17) is 22.9 Å². The van der Waals surface area contributed by atoms with Crippen LogP contribution < -0.4 is 38.9 Å². The lowest BCUT2D eigenvalue weighted by Gasteiger charge is -2.23. The smallest absolute Gasteiger partial charge is 0.326 e. The quantitative estimate of drug-likeness (QED) is 0.0650. The molecule has 212 valence electrons. The van der Waals surface area contributed by atoms with Crippen molar-refractivity contribution >= 4 is 46.5 Å². The average Bonchev–Trinajstić information content (AvgIpc) is 3.27. The van der Waals surface area contributed by atoms with Gasteiger partial charge in [0.25, 0.3) is 0 Å². The minimum absolute atomic E-state index is 0.00692. The molecule has 0 saturated heterocycles. The van der Waals surface area contributed by atoms with Gasteiger partial charge in [-0.2, -0.15) is 0 Å². The number of carbonyl (C=O) groups is 5. The Morgan fingerprint density at radius 2 is 1.64 bits per heavy atom. The molecule has 15 heteroatoms. The number of rotatable bonds is 15. The van der Waals surface area contributed by atoms with Crippen LogP contribution >= 0.6 is 0 Å². The highest BCUT2D eigenvalue weighted by atomic mass is 16.4. The van der Waals surface area contributed by atoms with Crippen LogP contribution in [0.3, 0.4) is 0 Å².